The van der Waals surface area contributed by atoms with E-state index in [0.717, 1.165) is 22.3 Å². The summed E-state index contributed by atoms with van der Waals surface area (Å²) in [4.78, 5) is 6.35. The van der Waals surface area contributed by atoms with E-state index in [0.29, 0.717) is 5.96 Å². The van der Waals surface area contributed by atoms with Crippen LogP contribution in [0.4, 0.5) is 11.4 Å². The van der Waals surface area contributed by atoms with Crippen LogP contribution in [-0.2, 0) is 6.42 Å². The van der Waals surface area contributed by atoms with Gasteiger partial charge >= 0.3 is 0 Å². The number of aryl methyl sites for hydroxylation is 1. The Bertz CT molecular complexity index is 623. The van der Waals surface area contributed by atoms with Gasteiger partial charge in [-0.1, -0.05) is 31.2 Å². The van der Waals surface area contributed by atoms with Gasteiger partial charge in [0.1, 0.15) is 0 Å². The fourth-order valence-electron chi connectivity index (χ4n) is 1.86. The van der Waals surface area contributed by atoms with E-state index in [1.807, 2.05) is 48.3 Å². The first-order chi connectivity index (χ1) is 9.61. The van der Waals surface area contributed by atoms with Crippen molar-refractivity contribution in [2.75, 3.05) is 11.9 Å². The molecule has 0 saturated heterocycles. The molecule has 0 amide bonds. The van der Waals surface area contributed by atoms with E-state index in [1.165, 1.54) is 5.56 Å². The number of rotatable bonds is 3. The normalized spacial score (nSPS) is 11.4. The Kier molecular flexibility index (Phi) is 4.79. The number of hydrogen-bond acceptors (Lipinski definition) is 1. The third kappa shape index (κ3) is 3.39. The molecule has 0 atom stereocenters. The third-order valence-corrected chi connectivity index (χ3v) is 3.81. The van der Waals surface area contributed by atoms with Crippen molar-refractivity contribution >= 4 is 33.3 Å². The number of nitrogens with zero attached hydrogens (tertiary/aromatic N) is 2. The predicted octanol–water partition coefficient (Wildman–Crippen LogP) is 4.09. The number of anilines is 1. The number of para-hydroxylation sites is 1. The van der Waals surface area contributed by atoms with Crippen LogP contribution >= 0.6 is 15.9 Å². The summed E-state index contributed by atoms with van der Waals surface area (Å²) in [7, 11) is 1.92. The molecule has 0 aliphatic heterocycles. The number of guanidine groups is 1. The summed E-state index contributed by atoms with van der Waals surface area (Å²) in [6.45, 7) is 2.14. The van der Waals surface area contributed by atoms with Crippen molar-refractivity contribution in [3.63, 3.8) is 0 Å². The molecule has 0 radical (unpaired) electrons. The van der Waals surface area contributed by atoms with Crippen molar-refractivity contribution in [1.82, 2.24) is 0 Å². The molecule has 104 valence electrons. The molecule has 2 N–H and O–H groups in total. The van der Waals surface area contributed by atoms with E-state index in [-0.39, 0.29) is 0 Å². The Morgan fingerprint density at radius 1 is 1.20 bits per heavy atom. The minimum Gasteiger partial charge on any atom is -0.369 e. The SMILES string of the molecule is CCc1cccc(N(C)C(N)=Nc2ccccc2Br)c1. The van der Waals surface area contributed by atoms with E-state index in [2.05, 4.69) is 40.0 Å². The van der Waals surface area contributed by atoms with Crippen LogP contribution in [-0.4, -0.2) is 13.0 Å². The van der Waals surface area contributed by atoms with Crippen LogP contribution in [0.15, 0.2) is 58.0 Å². The van der Waals surface area contributed by atoms with Gasteiger partial charge in [0, 0.05) is 17.2 Å². The number of halogens is 1. The summed E-state index contributed by atoms with van der Waals surface area (Å²) >= 11 is 3.47. The molecule has 0 saturated carbocycles. The second-order valence-corrected chi connectivity index (χ2v) is 5.36. The van der Waals surface area contributed by atoms with Gasteiger partial charge in [0.25, 0.3) is 0 Å². The molecular weight excluding hydrogens is 314 g/mol. The van der Waals surface area contributed by atoms with Crippen LogP contribution < -0.4 is 10.6 Å². The molecule has 0 bridgehead atoms. The average Bonchev–Trinajstić information content (AvgIpc) is 2.48. The zero-order valence-corrected chi connectivity index (χ0v) is 13.3. The lowest BCUT2D eigenvalue weighted by molar-refractivity contribution is 1.13. The molecule has 0 unspecified atom stereocenters. The largest absolute Gasteiger partial charge is 0.369 e. The van der Waals surface area contributed by atoms with Gasteiger partial charge in [-0.25, -0.2) is 4.99 Å². The summed E-state index contributed by atoms with van der Waals surface area (Å²) in [5.74, 6) is 0.463. The highest BCUT2D eigenvalue weighted by molar-refractivity contribution is 9.10. The van der Waals surface area contributed by atoms with Crippen LogP contribution in [0.1, 0.15) is 12.5 Å². The lowest BCUT2D eigenvalue weighted by Gasteiger charge is -2.19. The van der Waals surface area contributed by atoms with E-state index in [9.17, 15) is 0 Å². The summed E-state index contributed by atoms with van der Waals surface area (Å²) in [5, 5.41) is 0. The predicted molar refractivity (Wildman–Crippen MR) is 89.6 cm³/mol. The minimum atomic E-state index is 0.463. The van der Waals surface area contributed by atoms with Crippen LogP contribution in [0.25, 0.3) is 0 Å². The van der Waals surface area contributed by atoms with Crippen molar-refractivity contribution in [3.8, 4) is 0 Å². The second-order valence-electron chi connectivity index (χ2n) is 4.50. The second kappa shape index (κ2) is 6.57. The third-order valence-electron chi connectivity index (χ3n) is 3.14. The molecule has 0 aliphatic rings. The maximum absolute atomic E-state index is 6.10. The quantitative estimate of drug-likeness (QED) is 0.679. The van der Waals surface area contributed by atoms with Crippen LogP contribution in [0.2, 0.25) is 0 Å². The Labute approximate surface area is 128 Å². The highest BCUT2D eigenvalue weighted by Crippen LogP contribution is 2.25. The van der Waals surface area contributed by atoms with Crippen LogP contribution in [0.5, 0.6) is 0 Å². The van der Waals surface area contributed by atoms with E-state index in [4.69, 9.17) is 5.73 Å². The van der Waals surface area contributed by atoms with Crippen LogP contribution in [0.3, 0.4) is 0 Å². The number of benzene rings is 2. The van der Waals surface area contributed by atoms with E-state index < -0.39 is 0 Å². The Morgan fingerprint density at radius 3 is 2.65 bits per heavy atom. The van der Waals surface area contributed by atoms with E-state index >= 15 is 0 Å². The zero-order valence-electron chi connectivity index (χ0n) is 11.7. The van der Waals surface area contributed by atoms with Gasteiger partial charge in [0.15, 0.2) is 0 Å². The van der Waals surface area contributed by atoms with Crippen molar-refractivity contribution in [2.24, 2.45) is 10.7 Å². The lowest BCUT2D eigenvalue weighted by Crippen LogP contribution is -2.33. The molecule has 3 nitrogen and oxygen atoms in total. The summed E-state index contributed by atoms with van der Waals surface area (Å²) < 4.78 is 0.929. The number of hydrogen-bond donors (Lipinski definition) is 1. The molecule has 4 heteroatoms. The molecule has 20 heavy (non-hydrogen) atoms. The molecular formula is C16H18BrN3. The number of nitrogens with two attached hydrogens (primary N) is 1. The fraction of sp³-hybridized carbons (Fsp3) is 0.188. The first-order valence-electron chi connectivity index (χ1n) is 6.53. The van der Waals surface area contributed by atoms with E-state index in [1.54, 1.807) is 0 Å². The smallest absolute Gasteiger partial charge is 0.200 e. The van der Waals surface area contributed by atoms with Gasteiger partial charge in [-0.2, -0.15) is 0 Å². The van der Waals surface area contributed by atoms with Gasteiger partial charge in [-0.05, 0) is 52.2 Å². The van der Waals surface area contributed by atoms with Crippen LogP contribution in [0, 0.1) is 0 Å². The van der Waals surface area contributed by atoms with Gasteiger partial charge in [-0.15, -0.1) is 0 Å². The molecule has 0 heterocycles. The fourth-order valence-corrected chi connectivity index (χ4v) is 2.23. The summed E-state index contributed by atoms with van der Waals surface area (Å²) in [5.41, 5.74) is 9.24. The maximum Gasteiger partial charge on any atom is 0.200 e. The van der Waals surface area contributed by atoms with Crippen molar-refractivity contribution in [3.05, 3.63) is 58.6 Å². The van der Waals surface area contributed by atoms with Crippen molar-refractivity contribution in [2.45, 2.75) is 13.3 Å². The summed E-state index contributed by atoms with van der Waals surface area (Å²) in [6.07, 6.45) is 1.00. The molecule has 2 rings (SSSR count). The molecule has 0 spiro atoms. The Balaban J connectivity index is 2.28. The first-order valence-corrected chi connectivity index (χ1v) is 7.32. The van der Waals surface area contributed by atoms with Gasteiger partial charge in [0.2, 0.25) is 5.96 Å². The van der Waals surface area contributed by atoms with Crippen molar-refractivity contribution in [1.29, 1.82) is 0 Å². The number of aliphatic imine (C=N–C) groups is 1. The topological polar surface area (TPSA) is 41.6 Å². The zero-order chi connectivity index (χ0) is 14.5. The van der Waals surface area contributed by atoms with Crippen molar-refractivity contribution < 1.29 is 0 Å². The van der Waals surface area contributed by atoms with Gasteiger partial charge in [-0.3, -0.25) is 0 Å². The Hall–Kier alpha value is -1.81. The molecule has 2 aromatic rings. The monoisotopic (exact) mass is 331 g/mol. The molecule has 0 aromatic heterocycles. The average molecular weight is 332 g/mol. The standard InChI is InChI=1S/C16H18BrN3/c1-3-12-7-6-8-13(11-12)20(2)16(18)19-15-10-5-4-9-14(15)17/h4-11H,3H2,1-2H3,(H2,18,19). The highest BCUT2D eigenvalue weighted by Gasteiger charge is 2.06. The first kappa shape index (κ1) is 14.6. The lowest BCUT2D eigenvalue weighted by atomic mass is 10.1. The maximum atomic E-state index is 6.10. The minimum absolute atomic E-state index is 0.463. The van der Waals surface area contributed by atoms with Gasteiger partial charge in [0.05, 0.1) is 5.69 Å². The van der Waals surface area contributed by atoms with Gasteiger partial charge < -0.3 is 10.6 Å². The Morgan fingerprint density at radius 2 is 1.95 bits per heavy atom. The molecule has 2 aromatic carbocycles. The molecule has 0 fully saturated rings. The highest BCUT2D eigenvalue weighted by atomic mass is 79.9. The summed E-state index contributed by atoms with van der Waals surface area (Å²) in [6, 6.07) is 16.1. The molecule has 0 aliphatic carbocycles.